The van der Waals surface area contributed by atoms with Crippen LogP contribution in [-0.2, 0) is 12.8 Å². The van der Waals surface area contributed by atoms with Gasteiger partial charge in [-0.25, -0.2) is 9.07 Å². The van der Waals surface area contributed by atoms with Crippen molar-refractivity contribution in [1.29, 1.82) is 0 Å². The molecule has 0 spiro atoms. The maximum absolute atomic E-state index is 14.2. The first-order valence-corrected chi connectivity index (χ1v) is 9.14. The molecule has 8 heteroatoms. The molecule has 1 heterocycles. The van der Waals surface area contributed by atoms with Gasteiger partial charge in [-0.2, -0.15) is 5.10 Å². The highest BCUT2D eigenvalue weighted by Crippen LogP contribution is 2.28. The van der Waals surface area contributed by atoms with Gasteiger partial charge in [-0.1, -0.05) is 23.7 Å². The van der Waals surface area contributed by atoms with Crippen molar-refractivity contribution in [3.63, 3.8) is 0 Å². The lowest BCUT2D eigenvalue weighted by atomic mass is 10.2. The number of benzene rings is 2. The molecule has 0 saturated carbocycles. The lowest BCUT2D eigenvalue weighted by Gasteiger charge is -2.07. The van der Waals surface area contributed by atoms with E-state index in [0.717, 1.165) is 17.7 Å². The molecule has 2 N–H and O–H groups in total. The Morgan fingerprint density at radius 1 is 1.00 bits per heavy atom. The zero-order valence-corrected chi connectivity index (χ0v) is 15.5. The number of amides is 2. The first-order valence-electron chi connectivity index (χ1n) is 8.76. The third-order valence-electron chi connectivity index (χ3n) is 4.62. The number of rotatable bonds is 3. The highest BCUT2D eigenvalue weighted by atomic mass is 35.5. The lowest BCUT2D eigenvalue weighted by Crippen LogP contribution is -2.42. The Morgan fingerprint density at radius 3 is 2.46 bits per heavy atom. The first kappa shape index (κ1) is 18.2. The molecule has 0 radical (unpaired) electrons. The minimum absolute atomic E-state index is 0.187. The molecule has 2 amide bonds. The van der Waals surface area contributed by atoms with Gasteiger partial charge in [-0.15, -0.1) is 0 Å². The third kappa shape index (κ3) is 3.36. The molecule has 0 atom stereocenters. The molecular weight excluding hydrogens is 383 g/mol. The Labute approximate surface area is 165 Å². The van der Waals surface area contributed by atoms with Gasteiger partial charge in [0.1, 0.15) is 11.5 Å². The maximum atomic E-state index is 14.2. The summed E-state index contributed by atoms with van der Waals surface area (Å²) in [5.41, 5.74) is 7.18. The Balaban J connectivity index is 1.55. The minimum Gasteiger partial charge on any atom is -0.267 e. The Hall–Kier alpha value is -3.19. The number of para-hydroxylation sites is 1. The van der Waals surface area contributed by atoms with E-state index in [0.29, 0.717) is 29.1 Å². The van der Waals surface area contributed by atoms with Crippen molar-refractivity contribution in [1.82, 2.24) is 20.6 Å². The van der Waals surface area contributed by atoms with E-state index in [9.17, 15) is 14.0 Å². The molecule has 4 rings (SSSR count). The molecule has 1 aliphatic carbocycles. The number of hydrazine groups is 1. The van der Waals surface area contributed by atoms with Crippen molar-refractivity contribution in [2.24, 2.45) is 0 Å². The molecule has 28 heavy (non-hydrogen) atoms. The van der Waals surface area contributed by atoms with Gasteiger partial charge in [0.15, 0.2) is 5.69 Å². The molecule has 0 bridgehead atoms. The monoisotopic (exact) mass is 398 g/mol. The smallest absolute Gasteiger partial charge is 0.267 e. The van der Waals surface area contributed by atoms with Crippen LogP contribution in [0.5, 0.6) is 0 Å². The molecule has 0 saturated heterocycles. The van der Waals surface area contributed by atoms with Crippen LogP contribution in [0.3, 0.4) is 0 Å². The number of nitrogens with one attached hydrogen (secondary N) is 2. The summed E-state index contributed by atoms with van der Waals surface area (Å²) in [6.07, 6.45) is 2.25. The first-order chi connectivity index (χ1) is 13.5. The molecule has 2 aromatic carbocycles. The van der Waals surface area contributed by atoms with Gasteiger partial charge in [0, 0.05) is 21.8 Å². The Kier molecular flexibility index (Phi) is 4.83. The van der Waals surface area contributed by atoms with E-state index in [-0.39, 0.29) is 5.69 Å². The van der Waals surface area contributed by atoms with Crippen LogP contribution in [-0.4, -0.2) is 21.6 Å². The number of hydrogen-bond donors (Lipinski definition) is 2. The van der Waals surface area contributed by atoms with Crippen molar-refractivity contribution in [3.05, 3.63) is 81.9 Å². The van der Waals surface area contributed by atoms with Crippen LogP contribution >= 0.6 is 11.6 Å². The van der Waals surface area contributed by atoms with Crippen LogP contribution in [0, 0.1) is 5.82 Å². The van der Waals surface area contributed by atoms with Gasteiger partial charge in [0.2, 0.25) is 0 Å². The molecule has 0 fully saturated rings. The molecule has 0 unspecified atom stereocenters. The summed E-state index contributed by atoms with van der Waals surface area (Å²) in [7, 11) is 0. The van der Waals surface area contributed by atoms with Crippen molar-refractivity contribution in [2.75, 3.05) is 0 Å². The van der Waals surface area contributed by atoms with Gasteiger partial charge < -0.3 is 0 Å². The quantitative estimate of drug-likeness (QED) is 0.665. The number of fused-ring (bicyclic) bond motifs is 1. The second kappa shape index (κ2) is 7.44. The predicted molar refractivity (Wildman–Crippen MR) is 102 cm³/mol. The van der Waals surface area contributed by atoms with E-state index in [1.165, 1.54) is 10.7 Å². The Morgan fingerprint density at radius 2 is 1.71 bits per heavy atom. The molecule has 0 aliphatic heterocycles. The third-order valence-corrected chi connectivity index (χ3v) is 4.87. The van der Waals surface area contributed by atoms with Crippen LogP contribution in [0.4, 0.5) is 4.39 Å². The largest absolute Gasteiger partial charge is 0.290 e. The molecule has 3 aromatic rings. The summed E-state index contributed by atoms with van der Waals surface area (Å²) < 4.78 is 15.7. The summed E-state index contributed by atoms with van der Waals surface area (Å²) in [6.45, 7) is 0. The number of carbonyl (C=O) groups is 2. The van der Waals surface area contributed by atoms with Crippen molar-refractivity contribution in [3.8, 4) is 5.69 Å². The van der Waals surface area contributed by atoms with Crippen LogP contribution < -0.4 is 10.9 Å². The predicted octanol–water partition coefficient (Wildman–Crippen LogP) is 3.23. The summed E-state index contributed by atoms with van der Waals surface area (Å²) in [4.78, 5) is 24.8. The van der Waals surface area contributed by atoms with E-state index >= 15 is 0 Å². The lowest BCUT2D eigenvalue weighted by molar-refractivity contribution is 0.0843. The summed E-state index contributed by atoms with van der Waals surface area (Å²) in [5, 5.41) is 4.83. The second-order valence-electron chi connectivity index (χ2n) is 6.41. The van der Waals surface area contributed by atoms with E-state index < -0.39 is 17.6 Å². The number of aromatic nitrogens is 2. The summed E-state index contributed by atoms with van der Waals surface area (Å²) in [6, 6.07) is 12.6. The standard InChI is InChI=1S/C20H16ClFN4O2/c21-13-10-8-12(9-11-13)19(27)23-24-20(28)18-14-4-3-7-16(14)26(25-18)17-6-2-1-5-15(17)22/h1-2,5-6,8-11H,3-4,7H2,(H,23,27)(H,24,28). The average Bonchev–Trinajstić information content (AvgIpc) is 3.30. The fourth-order valence-electron chi connectivity index (χ4n) is 3.29. The van der Waals surface area contributed by atoms with Crippen LogP contribution in [0.1, 0.15) is 38.5 Å². The van der Waals surface area contributed by atoms with E-state index in [2.05, 4.69) is 16.0 Å². The molecular formula is C20H16ClFN4O2. The van der Waals surface area contributed by atoms with Crippen LogP contribution in [0.25, 0.3) is 5.69 Å². The molecule has 6 nitrogen and oxygen atoms in total. The summed E-state index contributed by atoms with van der Waals surface area (Å²) >= 11 is 5.80. The second-order valence-corrected chi connectivity index (χ2v) is 6.84. The number of hydrogen-bond acceptors (Lipinski definition) is 3. The topological polar surface area (TPSA) is 76.0 Å². The highest BCUT2D eigenvalue weighted by molar-refractivity contribution is 6.30. The fraction of sp³-hybridized carbons (Fsp3) is 0.150. The molecule has 142 valence electrons. The highest BCUT2D eigenvalue weighted by Gasteiger charge is 2.28. The number of halogens is 2. The van der Waals surface area contributed by atoms with Gasteiger partial charge in [-0.3, -0.25) is 20.4 Å². The zero-order chi connectivity index (χ0) is 19.7. The van der Waals surface area contributed by atoms with E-state index in [1.54, 1.807) is 42.5 Å². The number of carbonyl (C=O) groups excluding carboxylic acids is 2. The zero-order valence-electron chi connectivity index (χ0n) is 14.7. The SMILES string of the molecule is O=C(NNC(=O)c1nn(-c2ccccc2F)c2c1CCC2)c1ccc(Cl)cc1. The average molecular weight is 399 g/mol. The summed E-state index contributed by atoms with van der Waals surface area (Å²) in [5.74, 6) is -1.44. The van der Waals surface area contributed by atoms with E-state index in [1.807, 2.05) is 0 Å². The van der Waals surface area contributed by atoms with Crippen LogP contribution in [0.15, 0.2) is 48.5 Å². The van der Waals surface area contributed by atoms with Gasteiger partial charge in [-0.05, 0) is 55.7 Å². The minimum atomic E-state index is -0.546. The molecule has 1 aromatic heterocycles. The normalized spacial score (nSPS) is 12.5. The van der Waals surface area contributed by atoms with Crippen LogP contribution in [0.2, 0.25) is 5.02 Å². The van der Waals surface area contributed by atoms with Gasteiger partial charge in [0.25, 0.3) is 11.8 Å². The van der Waals surface area contributed by atoms with Crippen molar-refractivity contribution >= 4 is 23.4 Å². The van der Waals surface area contributed by atoms with Crippen molar-refractivity contribution < 1.29 is 14.0 Å². The molecule has 1 aliphatic rings. The van der Waals surface area contributed by atoms with Crippen molar-refractivity contribution in [2.45, 2.75) is 19.3 Å². The van der Waals surface area contributed by atoms with Gasteiger partial charge >= 0.3 is 0 Å². The van der Waals surface area contributed by atoms with Gasteiger partial charge in [0.05, 0.1) is 0 Å². The maximum Gasteiger partial charge on any atom is 0.290 e. The fourth-order valence-corrected chi connectivity index (χ4v) is 3.41. The Bertz CT molecular complexity index is 1060. The number of nitrogens with zero attached hydrogens (tertiary/aromatic N) is 2. The van der Waals surface area contributed by atoms with E-state index in [4.69, 9.17) is 11.6 Å².